The maximum Gasteiger partial charge on any atom is -0.00541 e. The third-order valence-corrected chi connectivity index (χ3v) is 1.80. The quantitative estimate of drug-likeness (QED) is 0.658. The molecule has 0 aromatic carbocycles. The van der Waals surface area contributed by atoms with Crippen LogP contribution in [-0.4, -0.2) is 6.54 Å². The minimum Gasteiger partial charge on any atom is -0.330 e. The van der Waals surface area contributed by atoms with Gasteiger partial charge in [-0.2, -0.15) is 0 Å². The SMILES string of the molecule is CC(C)C(C)C.CC(C)CN. The van der Waals surface area contributed by atoms with Crippen molar-refractivity contribution in [3.05, 3.63) is 0 Å². The van der Waals surface area contributed by atoms with Crippen LogP contribution in [0.4, 0.5) is 0 Å². The van der Waals surface area contributed by atoms with Gasteiger partial charge in [0.05, 0.1) is 0 Å². The van der Waals surface area contributed by atoms with Crippen molar-refractivity contribution >= 4 is 0 Å². The van der Waals surface area contributed by atoms with E-state index in [2.05, 4.69) is 41.5 Å². The van der Waals surface area contributed by atoms with E-state index in [1.54, 1.807) is 0 Å². The Kier molecular flexibility index (Phi) is 9.92. The third kappa shape index (κ3) is 17.8. The van der Waals surface area contributed by atoms with Crippen molar-refractivity contribution in [2.45, 2.75) is 41.5 Å². The van der Waals surface area contributed by atoms with Crippen molar-refractivity contribution in [2.75, 3.05) is 6.54 Å². The molecule has 0 saturated heterocycles. The van der Waals surface area contributed by atoms with E-state index in [1.807, 2.05) is 0 Å². The lowest BCUT2D eigenvalue weighted by Crippen LogP contribution is -2.05. The summed E-state index contributed by atoms with van der Waals surface area (Å²) in [6.07, 6.45) is 0. The van der Waals surface area contributed by atoms with Gasteiger partial charge in [0.2, 0.25) is 0 Å². The molecule has 0 aliphatic rings. The number of nitrogens with two attached hydrogens (primary N) is 1. The van der Waals surface area contributed by atoms with Crippen LogP contribution in [0.2, 0.25) is 0 Å². The Labute approximate surface area is 72.4 Å². The molecule has 0 amide bonds. The molecule has 0 heterocycles. The van der Waals surface area contributed by atoms with Crippen molar-refractivity contribution in [1.82, 2.24) is 0 Å². The standard InChI is InChI=1S/C6H14.C4H11N/c1-5(2)6(3)4;1-4(2)3-5/h5-6H,1-4H3;4H,3,5H2,1-2H3. The van der Waals surface area contributed by atoms with E-state index >= 15 is 0 Å². The van der Waals surface area contributed by atoms with Gasteiger partial charge in [-0.1, -0.05) is 41.5 Å². The van der Waals surface area contributed by atoms with Crippen LogP contribution in [-0.2, 0) is 0 Å². The van der Waals surface area contributed by atoms with Crippen LogP contribution in [0, 0.1) is 17.8 Å². The van der Waals surface area contributed by atoms with Gasteiger partial charge in [-0.15, -0.1) is 0 Å². The van der Waals surface area contributed by atoms with Crippen LogP contribution in [0.25, 0.3) is 0 Å². The first-order chi connectivity index (χ1) is 4.91. The van der Waals surface area contributed by atoms with E-state index in [9.17, 15) is 0 Å². The molecule has 0 aromatic rings. The summed E-state index contributed by atoms with van der Waals surface area (Å²) in [7, 11) is 0. The van der Waals surface area contributed by atoms with Crippen LogP contribution in [0.15, 0.2) is 0 Å². The highest BCUT2D eigenvalue weighted by Gasteiger charge is 1.95. The maximum absolute atomic E-state index is 5.17. The zero-order valence-corrected chi connectivity index (χ0v) is 9.02. The van der Waals surface area contributed by atoms with Gasteiger partial charge in [-0.05, 0) is 24.3 Å². The van der Waals surface area contributed by atoms with Crippen LogP contribution < -0.4 is 5.73 Å². The minimum atomic E-state index is 0.662. The molecular weight excluding hydrogens is 134 g/mol. The predicted octanol–water partition coefficient (Wildman–Crippen LogP) is 2.90. The van der Waals surface area contributed by atoms with E-state index in [-0.39, 0.29) is 0 Å². The lowest BCUT2D eigenvalue weighted by atomic mass is 10.0. The zero-order valence-electron chi connectivity index (χ0n) is 9.02. The normalized spacial score (nSPS) is 10.4. The molecule has 0 aliphatic heterocycles. The smallest absolute Gasteiger partial charge is 0.00541 e. The molecule has 0 rings (SSSR count). The second-order valence-corrected chi connectivity index (χ2v) is 4.12. The summed E-state index contributed by atoms with van der Waals surface area (Å²) < 4.78 is 0. The summed E-state index contributed by atoms with van der Waals surface area (Å²) in [4.78, 5) is 0. The first kappa shape index (κ1) is 13.5. The van der Waals surface area contributed by atoms with Crippen molar-refractivity contribution < 1.29 is 0 Å². The van der Waals surface area contributed by atoms with Crippen LogP contribution in [0.1, 0.15) is 41.5 Å². The topological polar surface area (TPSA) is 26.0 Å². The first-order valence-electron chi connectivity index (χ1n) is 4.61. The molecule has 0 atom stereocenters. The molecule has 2 N–H and O–H groups in total. The van der Waals surface area contributed by atoms with Crippen LogP contribution >= 0.6 is 0 Å². The fraction of sp³-hybridized carbons (Fsp3) is 1.00. The maximum atomic E-state index is 5.17. The van der Waals surface area contributed by atoms with Crippen LogP contribution in [0.3, 0.4) is 0 Å². The third-order valence-electron chi connectivity index (χ3n) is 1.80. The summed E-state index contributed by atoms with van der Waals surface area (Å²) in [5, 5.41) is 0. The Bertz CT molecular complexity index is 59.3. The second-order valence-electron chi connectivity index (χ2n) is 4.12. The average molecular weight is 159 g/mol. The minimum absolute atomic E-state index is 0.662. The molecule has 0 fully saturated rings. The Morgan fingerprint density at radius 1 is 0.818 bits per heavy atom. The fourth-order valence-corrected chi connectivity index (χ4v) is 0. The Morgan fingerprint density at radius 2 is 1.00 bits per heavy atom. The largest absolute Gasteiger partial charge is 0.330 e. The first-order valence-corrected chi connectivity index (χ1v) is 4.61. The van der Waals surface area contributed by atoms with Crippen molar-refractivity contribution in [1.29, 1.82) is 0 Å². The van der Waals surface area contributed by atoms with Gasteiger partial charge >= 0.3 is 0 Å². The molecular formula is C10H25N. The van der Waals surface area contributed by atoms with Gasteiger partial charge in [0.1, 0.15) is 0 Å². The number of rotatable bonds is 2. The molecule has 11 heavy (non-hydrogen) atoms. The molecule has 1 nitrogen and oxygen atoms in total. The van der Waals surface area contributed by atoms with Gasteiger partial charge in [0, 0.05) is 0 Å². The lowest BCUT2D eigenvalue weighted by molar-refractivity contribution is 0.457. The molecule has 0 aliphatic carbocycles. The Morgan fingerprint density at radius 3 is 1.00 bits per heavy atom. The summed E-state index contributed by atoms with van der Waals surface area (Å²) in [5.41, 5.74) is 5.17. The Hall–Kier alpha value is -0.0400. The molecule has 0 spiro atoms. The zero-order chi connectivity index (χ0) is 9.44. The number of hydrogen-bond acceptors (Lipinski definition) is 1. The number of hydrogen-bond donors (Lipinski definition) is 1. The van der Waals surface area contributed by atoms with Crippen molar-refractivity contribution in [3.63, 3.8) is 0 Å². The average Bonchev–Trinajstić information content (AvgIpc) is 1.89. The van der Waals surface area contributed by atoms with Crippen molar-refractivity contribution in [2.24, 2.45) is 23.5 Å². The predicted molar refractivity (Wildman–Crippen MR) is 53.6 cm³/mol. The fourth-order valence-electron chi connectivity index (χ4n) is 0. The van der Waals surface area contributed by atoms with Gasteiger partial charge in [0.25, 0.3) is 0 Å². The van der Waals surface area contributed by atoms with Crippen molar-refractivity contribution in [3.8, 4) is 0 Å². The molecule has 0 saturated carbocycles. The van der Waals surface area contributed by atoms with E-state index in [0.717, 1.165) is 18.4 Å². The highest BCUT2D eigenvalue weighted by molar-refractivity contribution is 4.46. The van der Waals surface area contributed by atoms with Gasteiger partial charge < -0.3 is 5.73 Å². The summed E-state index contributed by atoms with van der Waals surface area (Å²) in [6.45, 7) is 14.0. The van der Waals surface area contributed by atoms with E-state index in [1.165, 1.54) is 0 Å². The summed E-state index contributed by atoms with van der Waals surface area (Å²) >= 11 is 0. The Balaban J connectivity index is 0. The molecule has 0 unspecified atom stereocenters. The summed E-state index contributed by atoms with van der Waals surface area (Å²) in [6, 6.07) is 0. The molecule has 1 heteroatoms. The monoisotopic (exact) mass is 159 g/mol. The van der Waals surface area contributed by atoms with E-state index in [4.69, 9.17) is 5.73 Å². The molecule has 70 valence electrons. The second kappa shape index (κ2) is 8.06. The highest BCUT2D eigenvalue weighted by atomic mass is 14.5. The van der Waals surface area contributed by atoms with Gasteiger partial charge in [0.15, 0.2) is 0 Å². The van der Waals surface area contributed by atoms with E-state index < -0.39 is 0 Å². The molecule has 0 bridgehead atoms. The highest BCUT2D eigenvalue weighted by Crippen LogP contribution is 2.05. The van der Waals surface area contributed by atoms with E-state index in [0.29, 0.717) is 5.92 Å². The van der Waals surface area contributed by atoms with Crippen LogP contribution in [0.5, 0.6) is 0 Å². The van der Waals surface area contributed by atoms with Gasteiger partial charge in [-0.3, -0.25) is 0 Å². The summed E-state index contributed by atoms with van der Waals surface area (Å²) in [5.74, 6) is 2.37. The molecule has 0 aromatic heterocycles. The van der Waals surface area contributed by atoms with Gasteiger partial charge in [-0.25, -0.2) is 0 Å². The molecule has 0 radical (unpaired) electrons. The lowest BCUT2D eigenvalue weighted by Gasteiger charge is -2.05.